The summed E-state index contributed by atoms with van der Waals surface area (Å²) in [4.78, 5) is 26.6. The number of carbonyl (C=O) groups excluding carboxylic acids is 2. The van der Waals surface area contributed by atoms with Crippen LogP contribution in [-0.2, 0) is 16.1 Å². The fraction of sp³-hybridized carbons (Fsp3) is 0.261. The highest BCUT2D eigenvalue weighted by Gasteiger charge is 2.34. The molecule has 2 heterocycles. The van der Waals surface area contributed by atoms with Crippen molar-refractivity contribution in [2.75, 3.05) is 25.1 Å². The number of amides is 2. The molecule has 4 rings (SSSR count). The first-order valence-electron chi connectivity index (χ1n) is 9.94. The summed E-state index contributed by atoms with van der Waals surface area (Å²) in [5.41, 5.74) is 2.93. The Labute approximate surface area is 175 Å². The van der Waals surface area contributed by atoms with E-state index in [4.69, 9.17) is 4.74 Å². The number of rotatable bonds is 7. The van der Waals surface area contributed by atoms with Crippen LogP contribution >= 0.6 is 0 Å². The van der Waals surface area contributed by atoms with Crippen LogP contribution in [-0.4, -0.2) is 41.8 Å². The van der Waals surface area contributed by atoms with Gasteiger partial charge in [0.25, 0.3) is 0 Å². The quantitative estimate of drug-likeness (QED) is 0.657. The third-order valence-corrected chi connectivity index (χ3v) is 5.26. The van der Waals surface area contributed by atoms with E-state index in [1.807, 2.05) is 71.7 Å². The lowest BCUT2D eigenvalue weighted by molar-refractivity contribution is -0.126. The molecule has 0 unspecified atom stereocenters. The molecule has 3 aromatic rings. The van der Waals surface area contributed by atoms with Crippen LogP contribution in [0.3, 0.4) is 0 Å². The molecule has 0 radical (unpaired) electrons. The molecular weight excluding hydrogens is 380 g/mol. The third-order valence-electron chi connectivity index (χ3n) is 5.26. The largest absolute Gasteiger partial charge is 0.497 e. The van der Waals surface area contributed by atoms with Crippen molar-refractivity contribution in [2.24, 2.45) is 5.92 Å². The average Bonchev–Trinajstić information content (AvgIpc) is 3.41. The Morgan fingerprint density at radius 3 is 2.63 bits per heavy atom. The predicted molar refractivity (Wildman–Crippen MR) is 114 cm³/mol. The Morgan fingerprint density at radius 1 is 1.13 bits per heavy atom. The Bertz CT molecular complexity index is 1010. The van der Waals surface area contributed by atoms with Crippen molar-refractivity contribution < 1.29 is 14.3 Å². The summed E-state index contributed by atoms with van der Waals surface area (Å²) in [5.74, 6) is 0.237. The van der Waals surface area contributed by atoms with Gasteiger partial charge in [0.1, 0.15) is 5.75 Å². The van der Waals surface area contributed by atoms with Gasteiger partial charge in [-0.2, -0.15) is 5.10 Å². The van der Waals surface area contributed by atoms with E-state index in [1.165, 1.54) is 0 Å². The Balaban J connectivity index is 1.28. The summed E-state index contributed by atoms with van der Waals surface area (Å²) < 4.78 is 6.96. The minimum atomic E-state index is -0.350. The molecule has 0 bridgehead atoms. The molecule has 1 atom stereocenters. The first-order valence-corrected chi connectivity index (χ1v) is 9.94. The number of methoxy groups -OCH3 is 1. The highest BCUT2D eigenvalue weighted by atomic mass is 16.5. The molecule has 1 fully saturated rings. The number of ether oxygens (including phenoxy) is 1. The summed E-state index contributed by atoms with van der Waals surface area (Å²) in [6.07, 6.45) is 4.00. The van der Waals surface area contributed by atoms with E-state index in [0.717, 1.165) is 22.6 Å². The Hall–Kier alpha value is -3.61. The van der Waals surface area contributed by atoms with Gasteiger partial charge in [-0.25, -0.2) is 0 Å². The van der Waals surface area contributed by atoms with Crippen LogP contribution in [0.25, 0.3) is 11.1 Å². The number of nitrogens with one attached hydrogen (secondary N) is 1. The van der Waals surface area contributed by atoms with Crippen LogP contribution in [0.5, 0.6) is 5.75 Å². The van der Waals surface area contributed by atoms with E-state index in [9.17, 15) is 9.59 Å². The van der Waals surface area contributed by atoms with Gasteiger partial charge in [0.15, 0.2) is 0 Å². The van der Waals surface area contributed by atoms with Crippen molar-refractivity contribution in [1.29, 1.82) is 0 Å². The number of benzene rings is 2. The number of hydrogen-bond donors (Lipinski definition) is 1. The first kappa shape index (κ1) is 19.7. The molecule has 1 aliphatic rings. The lowest BCUT2D eigenvalue weighted by Gasteiger charge is -2.17. The standard InChI is InChI=1S/C23H24N4O3/c1-30-21-9-7-20(8-10-21)27-16-18(13-22(27)28)23(29)24-11-12-26-15-19(14-25-26)17-5-3-2-4-6-17/h2-10,14-15,18H,11-13,16H2,1H3,(H,24,29)/t18-/m1/s1. The second-order valence-corrected chi connectivity index (χ2v) is 7.25. The summed E-state index contributed by atoms with van der Waals surface area (Å²) in [6.45, 7) is 1.42. The van der Waals surface area contributed by atoms with E-state index < -0.39 is 0 Å². The van der Waals surface area contributed by atoms with Gasteiger partial charge in [-0.15, -0.1) is 0 Å². The van der Waals surface area contributed by atoms with Crippen molar-refractivity contribution >= 4 is 17.5 Å². The van der Waals surface area contributed by atoms with Gasteiger partial charge >= 0.3 is 0 Å². The molecule has 7 nitrogen and oxygen atoms in total. The molecule has 7 heteroatoms. The Kier molecular flexibility index (Phi) is 5.79. The van der Waals surface area contributed by atoms with Crippen molar-refractivity contribution in [2.45, 2.75) is 13.0 Å². The van der Waals surface area contributed by atoms with Crippen LogP contribution in [0.1, 0.15) is 6.42 Å². The van der Waals surface area contributed by atoms with E-state index in [2.05, 4.69) is 10.4 Å². The molecule has 1 aromatic heterocycles. The summed E-state index contributed by atoms with van der Waals surface area (Å²) >= 11 is 0. The second-order valence-electron chi connectivity index (χ2n) is 7.25. The van der Waals surface area contributed by atoms with Crippen LogP contribution in [0.2, 0.25) is 0 Å². The van der Waals surface area contributed by atoms with E-state index in [-0.39, 0.29) is 24.2 Å². The molecule has 1 aliphatic heterocycles. The topological polar surface area (TPSA) is 76.5 Å². The molecule has 0 aliphatic carbocycles. The zero-order chi connectivity index (χ0) is 20.9. The maximum atomic E-state index is 12.5. The maximum Gasteiger partial charge on any atom is 0.227 e. The zero-order valence-electron chi connectivity index (χ0n) is 16.8. The molecule has 1 N–H and O–H groups in total. The van der Waals surface area contributed by atoms with E-state index in [0.29, 0.717) is 19.6 Å². The normalized spacial score (nSPS) is 16.0. The number of hydrogen-bond acceptors (Lipinski definition) is 4. The minimum absolute atomic E-state index is 0.0418. The van der Waals surface area contributed by atoms with Crippen LogP contribution < -0.4 is 15.0 Å². The summed E-state index contributed by atoms with van der Waals surface area (Å²) in [5, 5.41) is 7.29. The smallest absolute Gasteiger partial charge is 0.227 e. The zero-order valence-corrected chi connectivity index (χ0v) is 16.8. The van der Waals surface area contributed by atoms with Crippen molar-refractivity contribution in [1.82, 2.24) is 15.1 Å². The van der Waals surface area contributed by atoms with Gasteiger partial charge in [-0.1, -0.05) is 30.3 Å². The molecule has 0 spiro atoms. The predicted octanol–water partition coefficient (Wildman–Crippen LogP) is 2.73. The highest BCUT2D eigenvalue weighted by molar-refractivity contribution is 6.00. The fourth-order valence-electron chi connectivity index (χ4n) is 3.60. The SMILES string of the molecule is COc1ccc(N2C[C@H](C(=O)NCCn3cc(-c4ccccc4)cn3)CC2=O)cc1. The van der Waals surface area contributed by atoms with E-state index >= 15 is 0 Å². The van der Waals surface area contributed by atoms with Crippen molar-refractivity contribution in [3.8, 4) is 16.9 Å². The van der Waals surface area contributed by atoms with Gasteiger partial charge in [0, 0.05) is 37.0 Å². The monoisotopic (exact) mass is 404 g/mol. The molecule has 0 saturated carbocycles. The average molecular weight is 404 g/mol. The van der Waals surface area contributed by atoms with Gasteiger partial charge in [-0.05, 0) is 29.8 Å². The number of aromatic nitrogens is 2. The van der Waals surface area contributed by atoms with Crippen molar-refractivity contribution in [3.63, 3.8) is 0 Å². The summed E-state index contributed by atoms with van der Waals surface area (Å²) in [6, 6.07) is 17.3. The molecule has 30 heavy (non-hydrogen) atoms. The van der Waals surface area contributed by atoms with Gasteiger partial charge in [0.2, 0.25) is 11.8 Å². The minimum Gasteiger partial charge on any atom is -0.497 e. The van der Waals surface area contributed by atoms with Crippen LogP contribution in [0.15, 0.2) is 67.0 Å². The third kappa shape index (κ3) is 4.35. The number of carbonyl (C=O) groups is 2. The van der Waals surface area contributed by atoms with Crippen LogP contribution in [0.4, 0.5) is 5.69 Å². The lowest BCUT2D eigenvalue weighted by atomic mass is 10.1. The molecule has 2 aromatic carbocycles. The van der Waals surface area contributed by atoms with E-state index in [1.54, 1.807) is 12.0 Å². The fourth-order valence-corrected chi connectivity index (χ4v) is 3.60. The van der Waals surface area contributed by atoms with Gasteiger partial charge < -0.3 is 15.0 Å². The molecule has 1 saturated heterocycles. The van der Waals surface area contributed by atoms with Gasteiger partial charge in [-0.3, -0.25) is 14.3 Å². The van der Waals surface area contributed by atoms with Crippen molar-refractivity contribution in [3.05, 3.63) is 67.0 Å². The highest BCUT2D eigenvalue weighted by Crippen LogP contribution is 2.27. The maximum absolute atomic E-state index is 12.5. The molecule has 2 amide bonds. The number of anilines is 1. The second kappa shape index (κ2) is 8.82. The lowest BCUT2D eigenvalue weighted by Crippen LogP contribution is -2.34. The first-order chi connectivity index (χ1) is 14.6. The number of nitrogens with zero attached hydrogens (tertiary/aromatic N) is 3. The van der Waals surface area contributed by atoms with Gasteiger partial charge in [0.05, 0.1) is 25.8 Å². The molecular formula is C23H24N4O3. The van der Waals surface area contributed by atoms with Crippen LogP contribution in [0, 0.1) is 5.92 Å². The Morgan fingerprint density at radius 2 is 1.90 bits per heavy atom. The molecule has 154 valence electrons. The summed E-state index contributed by atoms with van der Waals surface area (Å²) in [7, 11) is 1.60.